The Kier molecular flexibility index (Phi) is 3.88. The van der Waals surface area contributed by atoms with Crippen LogP contribution in [0, 0.1) is 0 Å². The highest BCUT2D eigenvalue weighted by Gasteiger charge is 2.04. The average Bonchev–Trinajstić information content (AvgIpc) is 2.39. The lowest BCUT2D eigenvalue weighted by Gasteiger charge is -2.10. The van der Waals surface area contributed by atoms with Gasteiger partial charge in [0.2, 0.25) is 0 Å². The van der Waals surface area contributed by atoms with E-state index in [1.165, 1.54) is 0 Å². The Morgan fingerprint density at radius 1 is 1.35 bits per heavy atom. The van der Waals surface area contributed by atoms with Gasteiger partial charge in [0.1, 0.15) is 0 Å². The van der Waals surface area contributed by atoms with Gasteiger partial charge in [-0.25, -0.2) is 0 Å². The molecule has 0 radical (unpaired) electrons. The van der Waals surface area contributed by atoms with E-state index in [9.17, 15) is 5.11 Å². The van der Waals surface area contributed by atoms with Crippen LogP contribution in [0.3, 0.4) is 0 Å². The van der Waals surface area contributed by atoms with Crippen molar-refractivity contribution in [3.63, 3.8) is 0 Å². The molecule has 1 heterocycles. The second-order valence-electron chi connectivity index (χ2n) is 4.06. The smallest absolute Gasteiger partial charge is 0.156 e. The van der Waals surface area contributed by atoms with E-state index in [0.717, 1.165) is 29.4 Å². The van der Waals surface area contributed by atoms with Crippen molar-refractivity contribution in [2.45, 2.75) is 25.9 Å². The fourth-order valence-electron chi connectivity index (χ4n) is 1.72. The van der Waals surface area contributed by atoms with Crippen LogP contribution in [0.5, 0.6) is 0 Å². The summed E-state index contributed by atoms with van der Waals surface area (Å²) in [5, 5.41) is 22.9. The molecule has 0 fully saturated rings. The lowest BCUT2D eigenvalue weighted by atomic mass is 10.2. The highest BCUT2D eigenvalue weighted by Crippen LogP contribution is 2.19. The maximum atomic E-state index is 9.47. The average molecular weight is 231 g/mol. The highest BCUT2D eigenvalue weighted by molar-refractivity contribution is 5.90. The topological polar surface area (TPSA) is 58.0 Å². The molecule has 4 heteroatoms. The first-order chi connectivity index (χ1) is 8.31. The summed E-state index contributed by atoms with van der Waals surface area (Å²) >= 11 is 0. The molecule has 2 rings (SSSR count). The van der Waals surface area contributed by atoms with Gasteiger partial charge in [-0.3, -0.25) is 0 Å². The van der Waals surface area contributed by atoms with E-state index in [-0.39, 0.29) is 6.10 Å². The number of hydrogen-bond donors (Lipinski definition) is 2. The molecule has 2 N–H and O–H groups in total. The van der Waals surface area contributed by atoms with Crippen molar-refractivity contribution in [3.8, 4) is 0 Å². The number of fused-ring (bicyclic) bond motifs is 1. The zero-order valence-electron chi connectivity index (χ0n) is 9.93. The molecule has 4 nitrogen and oxygen atoms in total. The lowest BCUT2D eigenvalue weighted by Crippen LogP contribution is -2.13. The maximum Gasteiger partial charge on any atom is 0.156 e. The summed E-state index contributed by atoms with van der Waals surface area (Å²) in [6, 6.07) is 7.99. The molecule has 1 aromatic carbocycles. The molecule has 90 valence electrons. The highest BCUT2D eigenvalue weighted by atomic mass is 16.3. The maximum absolute atomic E-state index is 9.47. The standard InChI is InChI=1S/C13H17N3O/c1-2-11(17)7-8-14-13-12-6-4-3-5-10(12)9-15-16-13/h3-6,9,11,17H,2,7-8H2,1H3,(H,14,16). The fraction of sp³-hybridized carbons (Fsp3) is 0.385. The monoisotopic (exact) mass is 231 g/mol. The predicted molar refractivity (Wildman–Crippen MR) is 68.9 cm³/mol. The van der Waals surface area contributed by atoms with E-state index in [1.54, 1.807) is 6.20 Å². The van der Waals surface area contributed by atoms with Crippen LogP contribution in [0.2, 0.25) is 0 Å². The minimum atomic E-state index is -0.245. The summed E-state index contributed by atoms with van der Waals surface area (Å²) in [7, 11) is 0. The molecule has 1 aromatic heterocycles. The van der Waals surface area contributed by atoms with Gasteiger partial charge < -0.3 is 10.4 Å². The number of rotatable bonds is 5. The summed E-state index contributed by atoms with van der Waals surface area (Å²) in [5.41, 5.74) is 0. The first-order valence-corrected chi connectivity index (χ1v) is 5.93. The molecular formula is C13H17N3O. The van der Waals surface area contributed by atoms with Gasteiger partial charge in [0.05, 0.1) is 12.3 Å². The van der Waals surface area contributed by atoms with Crippen molar-refractivity contribution >= 4 is 16.6 Å². The lowest BCUT2D eigenvalue weighted by molar-refractivity contribution is 0.164. The molecule has 0 aliphatic rings. The number of benzene rings is 1. The molecule has 0 saturated carbocycles. The Bertz CT molecular complexity index is 482. The van der Waals surface area contributed by atoms with Gasteiger partial charge in [-0.05, 0) is 12.8 Å². The minimum absolute atomic E-state index is 0.245. The van der Waals surface area contributed by atoms with Crippen LogP contribution in [0.4, 0.5) is 5.82 Å². The second-order valence-corrected chi connectivity index (χ2v) is 4.06. The molecule has 2 aromatic rings. The first kappa shape index (κ1) is 11.8. The Labute approximate surface area is 101 Å². The van der Waals surface area contributed by atoms with Crippen LogP contribution in [0.15, 0.2) is 30.5 Å². The van der Waals surface area contributed by atoms with Crippen LogP contribution in [-0.4, -0.2) is 28.0 Å². The van der Waals surface area contributed by atoms with Crippen molar-refractivity contribution in [1.29, 1.82) is 0 Å². The third-order valence-electron chi connectivity index (χ3n) is 2.81. The number of aliphatic hydroxyl groups is 1. The molecule has 17 heavy (non-hydrogen) atoms. The van der Waals surface area contributed by atoms with E-state index < -0.39 is 0 Å². The number of aliphatic hydroxyl groups excluding tert-OH is 1. The van der Waals surface area contributed by atoms with Crippen LogP contribution >= 0.6 is 0 Å². The molecule has 1 atom stereocenters. The van der Waals surface area contributed by atoms with Gasteiger partial charge in [0, 0.05) is 17.3 Å². The Morgan fingerprint density at radius 3 is 3.00 bits per heavy atom. The van der Waals surface area contributed by atoms with Crippen molar-refractivity contribution < 1.29 is 5.11 Å². The molecule has 0 aliphatic heterocycles. The summed E-state index contributed by atoms with van der Waals surface area (Å²) in [5.74, 6) is 0.784. The molecule has 1 unspecified atom stereocenters. The second kappa shape index (κ2) is 5.59. The third-order valence-corrected chi connectivity index (χ3v) is 2.81. The van der Waals surface area contributed by atoms with Gasteiger partial charge >= 0.3 is 0 Å². The van der Waals surface area contributed by atoms with Gasteiger partial charge in [-0.1, -0.05) is 31.2 Å². The molecule has 0 saturated heterocycles. The summed E-state index contributed by atoms with van der Waals surface area (Å²) in [6.07, 6.45) is 3.01. The number of nitrogens with zero attached hydrogens (tertiary/aromatic N) is 2. The zero-order valence-corrected chi connectivity index (χ0v) is 9.93. The minimum Gasteiger partial charge on any atom is -0.393 e. The zero-order chi connectivity index (χ0) is 12.1. The van der Waals surface area contributed by atoms with Gasteiger partial charge in [-0.2, -0.15) is 5.10 Å². The summed E-state index contributed by atoms with van der Waals surface area (Å²) < 4.78 is 0. The van der Waals surface area contributed by atoms with Gasteiger partial charge in [0.25, 0.3) is 0 Å². The van der Waals surface area contributed by atoms with Crippen LogP contribution in [0.25, 0.3) is 10.8 Å². The van der Waals surface area contributed by atoms with Crippen LogP contribution < -0.4 is 5.32 Å². The van der Waals surface area contributed by atoms with Crippen molar-refractivity contribution in [2.24, 2.45) is 0 Å². The van der Waals surface area contributed by atoms with Crippen LogP contribution in [0.1, 0.15) is 19.8 Å². The van der Waals surface area contributed by atoms with E-state index in [0.29, 0.717) is 6.54 Å². The van der Waals surface area contributed by atoms with Crippen molar-refractivity contribution in [1.82, 2.24) is 10.2 Å². The number of hydrogen-bond acceptors (Lipinski definition) is 4. The Hall–Kier alpha value is -1.68. The van der Waals surface area contributed by atoms with Gasteiger partial charge in [-0.15, -0.1) is 5.10 Å². The van der Waals surface area contributed by atoms with E-state index in [4.69, 9.17) is 0 Å². The molecule has 0 bridgehead atoms. The number of aromatic nitrogens is 2. The molecule has 0 amide bonds. The quantitative estimate of drug-likeness (QED) is 0.828. The largest absolute Gasteiger partial charge is 0.393 e. The summed E-state index contributed by atoms with van der Waals surface area (Å²) in [4.78, 5) is 0. The van der Waals surface area contributed by atoms with Crippen molar-refractivity contribution in [3.05, 3.63) is 30.5 Å². The molecular weight excluding hydrogens is 214 g/mol. The van der Waals surface area contributed by atoms with Gasteiger partial charge in [0.15, 0.2) is 5.82 Å². The molecule has 0 aliphatic carbocycles. The van der Waals surface area contributed by atoms with Crippen molar-refractivity contribution in [2.75, 3.05) is 11.9 Å². The van der Waals surface area contributed by atoms with E-state index >= 15 is 0 Å². The predicted octanol–water partition coefficient (Wildman–Crippen LogP) is 2.20. The normalized spacial score (nSPS) is 12.6. The van der Waals surface area contributed by atoms with E-state index in [1.807, 2.05) is 31.2 Å². The Morgan fingerprint density at radius 2 is 2.18 bits per heavy atom. The number of anilines is 1. The fourth-order valence-corrected chi connectivity index (χ4v) is 1.72. The molecule has 0 spiro atoms. The summed E-state index contributed by atoms with van der Waals surface area (Å²) in [6.45, 7) is 2.68. The third kappa shape index (κ3) is 2.91. The Balaban J connectivity index is 2.08. The SMILES string of the molecule is CCC(O)CCNc1nncc2ccccc12. The number of nitrogens with one attached hydrogen (secondary N) is 1. The van der Waals surface area contributed by atoms with Crippen LogP contribution in [-0.2, 0) is 0 Å². The van der Waals surface area contributed by atoms with E-state index in [2.05, 4.69) is 15.5 Å². The first-order valence-electron chi connectivity index (χ1n) is 5.93.